The molecule has 5 aromatic rings. The number of hydrogen-bond acceptors (Lipinski definition) is 3. The predicted molar refractivity (Wildman–Crippen MR) is 146 cm³/mol. The van der Waals surface area contributed by atoms with Gasteiger partial charge in [0.1, 0.15) is 11.6 Å². The van der Waals surface area contributed by atoms with Crippen molar-refractivity contribution in [3.8, 4) is 0 Å². The van der Waals surface area contributed by atoms with Gasteiger partial charge in [0.05, 0.1) is 16.6 Å². The summed E-state index contributed by atoms with van der Waals surface area (Å²) in [5, 5.41) is 0. The maximum atomic E-state index is 13.1. The third-order valence-corrected chi connectivity index (χ3v) is 6.24. The van der Waals surface area contributed by atoms with Crippen molar-refractivity contribution in [2.45, 2.75) is 26.8 Å². The van der Waals surface area contributed by atoms with Crippen molar-refractivity contribution in [3.63, 3.8) is 0 Å². The van der Waals surface area contributed by atoms with Crippen molar-refractivity contribution in [1.29, 1.82) is 0 Å². The summed E-state index contributed by atoms with van der Waals surface area (Å²) in [6, 6.07) is 33.9. The average molecular weight is 473 g/mol. The van der Waals surface area contributed by atoms with Crippen LogP contribution in [0.15, 0.2) is 103 Å². The maximum Gasteiger partial charge on any atom is 0.343 e. The molecule has 1 heterocycles. The number of rotatable bonds is 7. The molecular weight excluding hydrogens is 444 g/mol. The summed E-state index contributed by atoms with van der Waals surface area (Å²) in [6.45, 7) is 4.78. The van der Waals surface area contributed by atoms with E-state index in [0.717, 1.165) is 46.5 Å². The second kappa shape index (κ2) is 10.4. The van der Waals surface area contributed by atoms with E-state index in [1.165, 1.54) is 5.56 Å². The summed E-state index contributed by atoms with van der Waals surface area (Å²) in [5.74, 6) is 0.824. The Labute approximate surface area is 211 Å². The highest BCUT2D eigenvalue weighted by Crippen LogP contribution is 2.25. The van der Waals surface area contributed by atoms with E-state index in [1.54, 1.807) is 12.1 Å². The van der Waals surface area contributed by atoms with E-state index in [-0.39, 0.29) is 0 Å². The van der Waals surface area contributed by atoms with E-state index in [2.05, 4.69) is 34.9 Å². The Kier molecular flexibility index (Phi) is 6.76. The number of carbonyl (C=O) groups excluding carboxylic acids is 1. The number of ether oxygens (including phenoxy) is 1. The van der Waals surface area contributed by atoms with Gasteiger partial charge in [0.2, 0.25) is 0 Å². The van der Waals surface area contributed by atoms with E-state index in [1.807, 2.05) is 80.6 Å². The summed E-state index contributed by atoms with van der Waals surface area (Å²) < 4.78 is 8.18. The highest BCUT2D eigenvalue weighted by molar-refractivity contribution is 5.95. The van der Waals surface area contributed by atoms with Crippen molar-refractivity contribution >= 4 is 28.8 Å². The van der Waals surface area contributed by atoms with E-state index in [0.29, 0.717) is 11.3 Å². The number of carbonyl (C=O) groups is 1. The number of para-hydroxylation sites is 2. The predicted octanol–water partition coefficient (Wildman–Crippen LogP) is 7.25. The number of esters is 1. The number of fused-ring (bicyclic) bond motifs is 1. The van der Waals surface area contributed by atoms with Gasteiger partial charge >= 0.3 is 5.97 Å². The third-order valence-electron chi connectivity index (χ3n) is 6.24. The largest absolute Gasteiger partial charge is 0.422 e. The molecule has 0 atom stereocenters. The quantitative estimate of drug-likeness (QED) is 0.185. The molecule has 36 heavy (non-hydrogen) atoms. The van der Waals surface area contributed by atoms with Crippen molar-refractivity contribution in [2.75, 3.05) is 0 Å². The van der Waals surface area contributed by atoms with E-state index >= 15 is 0 Å². The molecule has 4 aromatic carbocycles. The molecule has 0 aliphatic carbocycles. The highest BCUT2D eigenvalue weighted by Gasteiger charge is 2.16. The molecule has 0 N–H and O–H groups in total. The molecule has 4 nitrogen and oxygen atoms in total. The van der Waals surface area contributed by atoms with E-state index < -0.39 is 5.97 Å². The van der Waals surface area contributed by atoms with Gasteiger partial charge in [0, 0.05) is 18.2 Å². The molecule has 0 saturated heterocycles. The molecule has 0 aliphatic rings. The van der Waals surface area contributed by atoms with Gasteiger partial charge in [0.15, 0.2) is 0 Å². The summed E-state index contributed by atoms with van der Waals surface area (Å²) in [5.41, 5.74) is 6.78. The average Bonchev–Trinajstić information content (AvgIpc) is 3.25. The molecule has 0 fully saturated rings. The monoisotopic (exact) mass is 472 g/mol. The molecule has 0 radical (unpaired) electrons. The molecule has 0 aliphatic heterocycles. The fourth-order valence-electron chi connectivity index (χ4n) is 4.18. The van der Waals surface area contributed by atoms with Gasteiger partial charge in [-0.05, 0) is 50.1 Å². The Morgan fingerprint density at radius 1 is 0.778 bits per heavy atom. The molecule has 0 bridgehead atoms. The Morgan fingerprint density at radius 3 is 2.08 bits per heavy atom. The van der Waals surface area contributed by atoms with Gasteiger partial charge in [0.25, 0.3) is 0 Å². The molecular formula is C32H28N2O2. The number of benzene rings is 4. The molecule has 178 valence electrons. The fraction of sp³-hybridized carbons (Fsp3) is 0.125. The molecule has 0 amide bonds. The minimum Gasteiger partial charge on any atom is -0.422 e. The zero-order valence-electron chi connectivity index (χ0n) is 20.5. The van der Waals surface area contributed by atoms with Crippen molar-refractivity contribution in [3.05, 3.63) is 137 Å². The minimum atomic E-state index is -0.395. The van der Waals surface area contributed by atoms with Crippen LogP contribution < -0.4 is 0 Å². The molecule has 4 heteroatoms. The van der Waals surface area contributed by atoms with Crippen LogP contribution >= 0.6 is 0 Å². The second-order valence-corrected chi connectivity index (χ2v) is 8.98. The smallest absolute Gasteiger partial charge is 0.343 e. The number of aryl methyl sites for hydroxylation is 4. The van der Waals surface area contributed by atoms with Gasteiger partial charge in [-0.25, -0.2) is 9.78 Å². The maximum absolute atomic E-state index is 13.1. The highest BCUT2D eigenvalue weighted by atomic mass is 16.5. The van der Waals surface area contributed by atoms with Gasteiger partial charge < -0.3 is 9.30 Å². The first-order chi connectivity index (χ1) is 17.6. The Balaban J connectivity index is 1.55. The van der Waals surface area contributed by atoms with Crippen LogP contribution in [0.5, 0.6) is 0 Å². The standard InChI is InChI=1S/C32H28N2O2/c1-23-12-16-26(17-13-23)30(36-32(35)27-18-14-24(2)15-19-27)22-31-33-28-10-6-7-11-29(28)34(31)21-20-25-8-4-3-5-9-25/h3-19,22H,20-21H2,1-2H3. The lowest BCUT2D eigenvalue weighted by Gasteiger charge is -2.12. The van der Waals surface area contributed by atoms with Gasteiger partial charge in [-0.3, -0.25) is 0 Å². The number of nitrogens with zero attached hydrogens (tertiary/aromatic N) is 2. The lowest BCUT2D eigenvalue weighted by atomic mass is 10.1. The topological polar surface area (TPSA) is 44.1 Å². The van der Waals surface area contributed by atoms with Crippen LogP contribution in [-0.4, -0.2) is 15.5 Å². The van der Waals surface area contributed by atoms with Crippen LogP contribution in [-0.2, 0) is 17.7 Å². The SMILES string of the molecule is Cc1ccc(C(=O)OC(=Cc2nc3ccccc3n2CCc2ccccc2)c2ccc(C)cc2)cc1. The van der Waals surface area contributed by atoms with Crippen LogP contribution in [0.3, 0.4) is 0 Å². The van der Waals surface area contributed by atoms with Crippen LogP contribution in [0, 0.1) is 13.8 Å². The van der Waals surface area contributed by atoms with Crippen LogP contribution in [0.4, 0.5) is 0 Å². The summed E-state index contributed by atoms with van der Waals surface area (Å²) in [4.78, 5) is 18.0. The zero-order chi connectivity index (χ0) is 24.9. The molecule has 0 unspecified atom stereocenters. The lowest BCUT2D eigenvalue weighted by Crippen LogP contribution is -2.07. The molecule has 0 spiro atoms. The van der Waals surface area contributed by atoms with Gasteiger partial charge in [-0.15, -0.1) is 0 Å². The molecule has 1 aromatic heterocycles. The summed E-state index contributed by atoms with van der Waals surface area (Å²) in [7, 11) is 0. The van der Waals surface area contributed by atoms with Gasteiger partial charge in [-0.1, -0.05) is 90.0 Å². The normalized spacial score (nSPS) is 11.6. The Morgan fingerprint density at radius 2 is 1.39 bits per heavy atom. The first kappa shape index (κ1) is 23.3. The Bertz CT molecular complexity index is 1510. The molecule has 0 saturated carbocycles. The number of imidazole rings is 1. The first-order valence-electron chi connectivity index (χ1n) is 12.1. The second-order valence-electron chi connectivity index (χ2n) is 8.98. The molecule has 5 rings (SSSR count). The first-order valence-corrected chi connectivity index (χ1v) is 12.1. The fourth-order valence-corrected chi connectivity index (χ4v) is 4.18. The lowest BCUT2D eigenvalue weighted by molar-refractivity contribution is 0.0693. The van der Waals surface area contributed by atoms with Crippen molar-refractivity contribution in [1.82, 2.24) is 9.55 Å². The van der Waals surface area contributed by atoms with Crippen molar-refractivity contribution in [2.24, 2.45) is 0 Å². The Hall–Kier alpha value is -4.44. The van der Waals surface area contributed by atoms with Crippen LogP contribution in [0.1, 0.15) is 38.4 Å². The van der Waals surface area contributed by atoms with Crippen molar-refractivity contribution < 1.29 is 9.53 Å². The summed E-state index contributed by atoms with van der Waals surface area (Å²) in [6.07, 6.45) is 2.74. The number of aromatic nitrogens is 2. The van der Waals surface area contributed by atoms with Crippen LogP contribution in [0.2, 0.25) is 0 Å². The van der Waals surface area contributed by atoms with E-state index in [9.17, 15) is 4.79 Å². The van der Waals surface area contributed by atoms with Gasteiger partial charge in [-0.2, -0.15) is 0 Å². The van der Waals surface area contributed by atoms with Crippen LogP contribution in [0.25, 0.3) is 22.9 Å². The van der Waals surface area contributed by atoms with E-state index in [4.69, 9.17) is 9.72 Å². The third kappa shape index (κ3) is 5.28. The number of hydrogen-bond donors (Lipinski definition) is 0. The zero-order valence-corrected chi connectivity index (χ0v) is 20.5. The summed E-state index contributed by atoms with van der Waals surface area (Å²) >= 11 is 0. The minimum absolute atomic E-state index is 0.395.